The van der Waals surface area contributed by atoms with Crippen LogP contribution in [0.4, 0.5) is 11.4 Å². The number of nitrogens with two attached hydrogens (primary N) is 1. The molecular weight excluding hydrogens is 809 g/mol. The van der Waals surface area contributed by atoms with E-state index in [2.05, 4.69) is 5.32 Å². The molecule has 0 aliphatic carbocycles. The molecular formula is C51H68N6O7. The predicted molar refractivity (Wildman–Crippen MR) is 261 cm³/mol. The van der Waals surface area contributed by atoms with Crippen LogP contribution in [0.25, 0.3) is 11.0 Å². The van der Waals surface area contributed by atoms with Crippen molar-refractivity contribution in [3.63, 3.8) is 0 Å². The molecule has 64 heavy (non-hydrogen) atoms. The van der Waals surface area contributed by atoms with Gasteiger partial charge in [0.05, 0.1) is 25.3 Å². The number of ether oxygens (including phenoxy) is 2. The number of carbonyl (C=O) groups excluding carboxylic acids is 4. The molecule has 1 heterocycles. The smallest absolute Gasteiger partial charge is 0.330 e. The number of nitrogens with zero attached hydrogens (tertiary/aromatic N) is 4. The number of primary amides is 1. The number of likely N-dealkylation sites (N-methyl/N-ethyl adjacent to an activating group) is 1. The quantitative estimate of drug-likeness (QED) is 0.105. The van der Waals surface area contributed by atoms with E-state index < -0.39 is 35.6 Å². The maximum Gasteiger partial charge on any atom is 0.330 e. The minimum Gasteiger partial charge on any atom is -0.497 e. The van der Waals surface area contributed by atoms with E-state index in [-0.39, 0.29) is 21.1 Å². The fraction of sp³-hybridized carbons (Fsp3) is 0.314. The van der Waals surface area contributed by atoms with Crippen LogP contribution in [-0.4, -0.2) is 67.1 Å². The van der Waals surface area contributed by atoms with Gasteiger partial charge >= 0.3 is 5.69 Å². The molecule has 0 fully saturated rings. The maximum absolute atomic E-state index is 13.7. The number of rotatable bonds is 15. The van der Waals surface area contributed by atoms with Crippen molar-refractivity contribution in [1.29, 1.82) is 0 Å². The maximum atomic E-state index is 13.7. The van der Waals surface area contributed by atoms with Gasteiger partial charge in [-0.1, -0.05) is 100 Å². The second-order valence-corrected chi connectivity index (χ2v) is 14.2. The Morgan fingerprint density at radius 2 is 1.05 bits per heavy atom. The highest BCUT2D eigenvalue weighted by molar-refractivity contribution is 5.99. The van der Waals surface area contributed by atoms with E-state index in [1.54, 1.807) is 88.7 Å². The molecule has 6 rings (SSSR count). The second-order valence-electron chi connectivity index (χ2n) is 14.2. The Labute approximate surface area is 380 Å². The molecule has 0 saturated carbocycles. The lowest BCUT2D eigenvalue weighted by atomic mass is 10.0. The summed E-state index contributed by atoms with van der Waals surface area (Å²) in [5.41, 5.74) is 9.47. The van der Waals surface area contributed by atoms with Crippen LogP contribution in [0.2, 0.25) is 0 Å². The normalized spacial score (nSPS) is 11.7. The van der Waals surface area contributed by atoms with Gasteiger partial charge in [0, 0.05) is 41.2 Å². The molecule has 0 aliphatic rings. The summed E-state index contributed by atoms with van der Waals surface area (Å²) in [7, 11) is 6.63. The Hall–Kier alpha value is -7.15. The van der Waals surface area contributed by atoms with Gasteiger partial charge < -0.3 is 30.3 Å². The first-order chi connectivity index (χ1) is 30.8. The second kappa shape index (κ2) is 25.7. The summed E-state index contributed by atoms with van der Waals surface area (Å²) in [6.45, 7) is 11.1. The van der Waals surface area contributed by atoms with E-state index in [1.807, 2.05) is 113 Å². The van der Waals surface area contributed by atoms with Crippen molar-refractivity contribution >= 4 is 46.0 Å². The third-order valence-corrected chi connectivity index (χ3v) is 10.4. The van der Waals surface area contributed by atoms with Crippen molar-refractivity contribution in [2.75, 3.05) is 38.1 Å². The van der Waals surface area contributed by atoms with Gasteiger partial charge in [-0.15, -0.1) is 0 Å². The van der Waals surface area contributed by atoms with Gasteiger partial charge in [-0.25, -0.2) is 4.79 Å². The zero-order valence-electron chi connectivity index (χ0n) is 38.8. The molecule has 4 amide bonds. The summed E-state index contributed by atoms with van der Waals surface area (Å²) >= 11 is 0. The Balaban J connectivity index is 0.000000707. The van der Waals surface area contributed by atoms with Crippen LogP contribution < -0.4 is 36.0 Å². The number of hydrogen-bond acceptors (Lipinski definition) is 7. The molecule has 0 radical (unpaired) electrons. The van der Waals surface area contributed by atoms with Crippen LogP contribution in [-0.2, 0) is 32.0 Å². The van der Waals surface area contributed by atoms with Gasteiger partial charge in [0.1, 0.15) is 29.6 Å². The van der Waals surface area contributed by atoms with Gasteiger partial charge in [0.25, 0.3) is 0 Å². The summed E-state index contributed by atoms with van der Waals surface area (Å²) in [6.07, 6.45) is 1.51. The standard InChI is InChI=1S/C30H33N5O5.C17H19NO2.2C2H6.2H2/c1-19(27(31)36)34-25-12-8-9-13-26(25)35(30(34)39)20(2)28(37)32-24(18-21-10-6-5-7-11-21)29(38)33(3)22-14-16-23(40-4)17-15-22;1-18(15-9-11-16(20-2)12-10-15)17(19)13-8-14-6-4-3-5-7-14;2*1-2;;/h5-17,19-20,24H,18H2,1-4H3,(H2,31,36)(H,32,37);3-7,9-12H,8,13H2,1-2H3;2*1-2H3;2*1H/t19?,20?,24-;;;;;/m0...../s1. The minimum absolute atomic E-state index is 0. The number of imidazole rings is 1. The molecule has 0 saturated heterocycles. The third-order valence-electron chi connectivity index (χ3n) is 10.4. The van der Waals surface area contributed by atoms with E-state index in [9.17, 15) is 24.0 Å². The number of anilines is 2. The van der Waals surface area contributed by atoms with E-state index in [0.29, 0.717) is 28.9 Å². The van der Waals surface area contributed by atoms with Crippen LogP contribution in [0.1, 0.15) is 74.0 Å². The van der Waals surface area contributed by atoms with E-state index in [1.165, 1.54) is 26.5 Å². The fourth-order valence-electron chi connectivity index (χ4n) is 6.71. The SMILES string of the molecule is CC.CC.COc1ccc(N(C)C(=O)CCc2ccccc2)cc1.COc1ccc(N(C)C(=O)[C@H](Cc2ccccc2)NC(=O)C(C)n2c(=O)n(C(C)C(N)=O)c3ccccc32)cc1.[HH].[HH]. The van der Waals surface area contributed by atoms with Gasteiger partial charge in [-0.2, -0.15) is 0 Å². The first kappa shape index (κ1) is 51.2. The molecule has 3 atom stereocenters. The Morgan fingerprint density at radius 3 is 1.50 bits per heavy atom. The van der Waals surface area contributed by atoms with E-state index >= 15 is 0 Å². The van der Waals surface area contributed by atoms with Crippen LogP contribution in [0, 0.1) is 0 Å². The monoisotopic (exact) mass is 877 g/mol. The van der Waals surface area contributed by atoms with Crippen molar-refractivity contribution in [3.05, 3.63) is 155 Å². The summed E-state index contributed by atoms with van der Waals surface area (Å²) in [4.78, 5) is 68.1. The molecule has 3 N–H and O–H groups in total. The van der Waals surface area contributed by atoms with Crippen LogP contribution in [0.15, 0.2) is 138 Å². The zero-order valence-corrected chi connectivity index (χ0v) is 38.8. The van der Waals surface area contributed by atoms with Crippen molar-refractivity contribution in [2.45, 2.75) is 78.9 Å². The number of benzene rings is 5. The molecule has 0 spiro atoms. The number of aromatic nitrogens is 2. The number of nitrogens with one attached hydrogen (secondary N) is 1. The van der Waals surface area contributed by atoms with Crippen LogP contribution in [0.5, 0.6) is 11.5 Å². The lowest BCUT2D eigenvalue weighted by Gasteiger charge is -2.26. The van der Waals surface area contributed by atoms with E-state index in [0.717, 1.165) is 23.4 Å². The number of aryl methyl sites for hydroxylation is 1. The lowest BCUT2D eigenvalue weighted by molar-refractivity contribution is -0.129. The minimum atomic E-state index is -0.990. The van der Waals surface area contributed by atoms with Gasteiger partial charge in [0.15, 0.2) is 0 Å². The highest BCUT2D eigenvalue weighted by atomic mass is 16.5. The molecule has 6 aromatic rings. The number of fused-ring (bicyclic) bond motifs is 1. The summed E-state index contributed by atoms with van der Waals surface area (Å²) in [5, 5.41) is 2.87. The van der Waals surface area contributed by atoms with Crippen molar-refractivity contribution in [1.82, 2.24) is 14.5 Å². The van der Waals surface area contributed by atoms with Gasteiger partial charge in [0.2, 0.25) is 23.6 Å². The first-order valence-corrected chi connectivity index (χ1v) is 21.6. The number of carbonyl (C=O) groups is 4. The largest absolute Gasteiger partial charge is 0.497 e. The first-order valence-electron chi connectivity index (χ1n) is 21.6. The average Bonchev–Trinajstić information content (AvgIpc) is 3.64. The van der Waals surface area contributed by atoms with E-state index in [4.69, 9.17) is 15.2 Å². The Kier molecular flexibility index (Phi) is 20.6. The molecule has 344 valence electrons. The summed E-state index contributed by atoms with van der Waals surface area (Å²) in [5.74, 6) is 0.0405. The number of amides is 4. The molecule has 13 heteroatoms. The number of para-hydroxylation sites is 2. The molecule has 13 nitrogen and oxygen atoms in total. The third kappa shape index (κ3) is 13.4. The highest BCUT2D eigenvalue weighted by Crippen LogP contribution is 2.23. The Morgan fingerprint density at radius 1 is 0.625 bits per heavy atom. The Bertz CT molecular complexity index is 2450. The molecule has 0 aliphatic heterocycles. The lowest BCUT2D eigenvalue weighted by Crippen LogP contribution is -2.51. The molecule has 5 aromatic carbocycles. The zero-order chi connectivity index (χ0) is 47.3. The molecule has 2 unspecified atom stereocenters. The highest BCUT2D eigenvalue weighted by Gasteiger charge is 2.30. The van der Waals surface area contributed by atoms with Crippen LogP contribution in [0.3, 0.4) is 0 Å². The average molecular weight is 877 g/mol. The fourth-order valence-corrected chi connectivity index (χ4v) is 6.71. The number of methoxy groups -OCH3 is 2. The van der Waals surface area contributed by atoms with Gasteiger partial charge in [-0.3, -0.25) is 28.3 Å². The van der Waals surface area contributed by atoms with Gasteiger partial charge in [-0.05, 0) is 92.1 Å². The van der Waals surface area contributed by atoms with Crippen molar-refractivity contribution < 1.29 is 31.5 Å². The molecule has 0 bridgehead atoms. The van der Waals surface area contributed by atoms with Crippen LogP contribution >= 0.6 is 0 Å². The number of hydrogen-bond donors (Lipinski definition) is 2. The van der Waals surface area contributed by atoms with Crippen molar-refractivity contribution in [2.24, 2.45) is 5.73 Å². The summed E-state index contributed by atoms with van der Waals surface area (Å²) in [6, 6.07) is 38.0. The van der Waals surface area contributed by atoms with Crippen molar-refractivity contribution in [3.8, 4) is 11.5 Å². The summed E-state index contributed by atoms with van der Waals surface area (Å²) < 4.78 is 12.9. The predicted octanol–water partition coefficient (Wildman–Crippen LogP) is 8.64. The topological polar surface area (TPSA) is 158 Å². The molecule has 1 aromatic heterocycles.